The topological polar surface area (TPSA) is 98.8 Å². The maximum absolute atomic E-state index is 13.0. The number of hydrogen-bond donors (Lipinski definition) is 1. The summed E-state index contributed by atoms with van der Waals surface area (Å²) in [7, 11) is -2.32. The minimum Gasteiger partial charge on any atom is -0.870 e. The Balaban J connectivity index is 0.00000480. The van der Waals surface area contributed by atoms with E-state index in [1.807, 2.05) is 6.92 Å². The maximum atomic E-state index is 13.0. The fraction of sp³-hybridized carbons (Fsp3) is 0.350. The Morgan fingerprint density at radius 2 is 1.65 bits per heavy atom. The molecule has 0 aliphatic heterocycles. The van der Waals surface area contributed by atoms with E-state index in [1.54, 1.807) is 19.9 Å². The van der Waals surface area contributed by atoms with E-state index in [2.05, 4.69) is 5.32 Å². The first-order valence-corrected chi connectivity index (χ1v) is 11.5. The number of halogens is 2. The van der Waals surface area contributed by atoms with Crippen LogP contribution in [0.4, 0.5) is 5.69 Å². The van der Waals surface area contributed by atoms with Gasteiger partial charge >= 0.3 is 29.6 Å². The number of carbonyl (C=O) groups excluding carboxylic acids is 1. The van der Waals surface area contributed by atoms with Crippen LogP contribution >= 0.6 is 23.2 Å². The number of benzene rings is 2. The molecule has 0 aliphatic carbocycles. The van der Waals surface area contributed by atoms with E-state index in [-0.39, 0.29) is 55.7 Å². The molecule has 1 amide bonds. The molecule has 1 N–H and O–H groups in total. The Bertz CT molecular complexity index is 1040. The van der Waals surface area contributed by atoms with Crippen LogP contribution in [-0.4, -0.2) is 38.8 Å². The van der Waals surface area contributed by atoms with Crippen LogP contribution in [-0.2, 0) is 16.4 Å². The van der Waals surface area contributed by atoms with E-state index in [4.69, 9.17) is 27.9 Å². The van der Waals surface area contributed by atoms with Crippen LogP contribution in [0.15, 0.2) is 29.2 Å². The van der Waals surface area contributed by atoms with Crippen LogP contribution in [0.25, 0.3) is 0 Å². The molecule has 0 aromatic heterocycles. The van der Waals surface area contributed by atoms with Gasteiger partial charge in [0.25, 0.3) is 5.91 Å². The molecule has 164 valence electrons. The van der Waals surface area contributed by atoms with Gasteiger partial charge < -0.3 is 15.2 Å². The maximum Gasteiger partial charge on any atom is 1.00 e. The summed E-state index contributed by atoms with van der Waals surface area (Å²) in [6, 6.07) is 5.31. The normalized spacial score (nSPS) is 11.2. The molecule has 2 aromatic rings. The Morgan fingerprint density at radius 3 is 2.10 bits per heavy atom. The van der Waals surface area contributed by atoms with Crippen LogP contribution in [0.5, 0.6) is 11.5 Å². The average Bonchev–Trinajstić information content (AvgIpc) is 2.71. The third kappa shape index (κ3) is 6.07. The molecule has 0 spiro atoms. The van der Waals surface area contributed by atoms with Crippen LogP contribution in [0.2, 0.25) is 10.0 Å². The van der Waals surface area contributed by atoms with Crippen LogP contribution in [0.3, 0.4) is 0 Å². The van der Waals surface area contributed by atoms with Crippen molar-refractivity contribution in [2.75, 3.05) is 25.5 Å². The first kappa shape index (κ1) is 28.0. The summed E-state index contributed by atoms with van der Waals surface area (Å²) in [6.07, 6.45) is 0.482. The zero-order valence-electron chi connectivity index (χ0n) is 18.1. The van der Waals surface area contributed by atoms with Crippen molar-refractivity contribution in [2.45, 2.75) is 32.1 Å². The predicted molar refractivity (Wildman–Crippen MR) is 116 cm³/mol. The minimum absolute atomic E-state index is 0. The molecular weight excluding hydrogens is 474 g/mol. The van der Waals surface area contributed by atoms with Crippen molar-refractivity contribution in [1.82, 2.24) is 4.31 Å². The van der Waals surface area contributed by atoms with Gasteiger partial charge in [0, 0.05) is 28.7 Å². The summed E-state index contributed by atoms with van der Waals surface area (Å²) >= 11 is 11.7. The number of amides is 1. The van der Waals surface area contributed by atoms with E-state index in [1.165, 1.54) is 29.6 Å². The van der Waals surface area contributed by atoms with Crippen LogP contribution in [0, 0.1) is 0 Å². The van der Waals surface area contributed by atoms with Crippen LogP contribution < -0.4 is 44.7 Å². The SMILES string of the molecule is CCc1cc(S(=O)(=O)N(CC)CC)cc(NC(=O)c2cc(Cl)c([O-])c(Cl)c2)c1OC.[Na+]. The number of anilines is 1. The van der Waals surface area contributed by atoms with E-state index in [0.717, 1.165) is 0 Å². The molecule has 0 saturated carbocycles. The number of nitrogens with one attached hydrogen (secondary N) is 1. The van der Waals surface area contributed by atoms with Gasteiger partial charge in [0.1, 0.15) is 5.75 Å². The number of rotatable bonds is 8. The van der Waals surface area contributed by atoms with Crippen molar-refractivity contribution >= 4 is 44.8 Å². The molecular formula is C20H23Cl2N2NaO5S. The Morgan fingerprint density at radius 1 is 1.10 bits per heavy atom. The first-order valence-electron chi connectivity index (χ1n) is 9.29. The minimum atomic E-state index is -3.76. The number of hydrogen-bond acceptors (Lipinski definition) is 5. The fourth-order valence-electron chi connectivity index (χ4n) is 3.00. The number of sulfonamides is 1. The molecule has 31 heavy (non-hydrogen) atoms. The van der Waals surface area contributed by atoms with Gasteiger partial charge in [-0.3, -0.25) is 4.79 Å². The fourth-order valence-corrected chi connectivity index (χ4v) is 5.03. The molecule has 0 atom stereocenters. The smallest absolute Gasteiger partial charge is 0.870 e. The van der Waals surface area contributed by atoms with Gasteiger partial charge in [-0.2, -0.15) is 4.31 Å². The largest absolute Gasteiger partial charge is 1.00 e. The van der Waals surface area contributed by atoms with Crippen molar-refractivity contribution in [3.8, 4) is 11.5 Å². The summed E-state index contributed by atoms with van der Waals surface area (Å²) in [5.41, 5.74) is 0.861. The molecule has 0 bridgehead atoms. The molecule has 0 unspecified atom stereocenters. The van der Waals surface area contributed by atoms with Crippen molar-refractivity contribution in [3.05, 3.63) is 45.4 Å². The number of ether oxygens (including phenoxy) is 1. The number of aryl methyl sites for hydroxylation is 1. The molecule has 11 heteroatoms. The monoisotopic (exact) mass is 496 g/mol. The summed E-state index contributed by atoms with van der Waals surface area (Å²) in [5, 5.41) is 13.9. The van der Waals surface area contributed by atoms with Crippen molar-refractivity contribution in [1.29, 1.82) is 0 Å². The second-order valence-corrected chi connectivity index (χ2v) is 9.08. The molecule has 7 nitrogen and oxygen atoms in total. The molecule has 0 radical (unpaired) electrons. The Hall–Kier alpha value is -1.000. The summed E-state index contributed by atoms with van der Waals surface area (Å²) < 4.78 is 32.8. The number of carbonyl (C=O) groups is 1. The summed E-state index contributed by atoms with van der Waals surface area (Å²) in [5.74, 6) is -0.841. The molecule has 0 saturated heterocycles. The molecule has 0 heterocycles. The first-order chi connectivity index (χ1) is 14.1. The average molecular weight is 497 g/mol. The molecule has 2 aromatic carbocycles. The van der Waals surface area contributed by atoms with E-state index >= 15 is 0 Å². The molecule has 0 fully saturated rings. The van der Waals surface area contributed by atoms with Gasteiger partial charge in [-0.25, -0.2) is 8.42 Å². The van der Waals surface area contributed by atoms with E-state index in [0.29, 0.717) is 30.8 Å². The van der Waals surface area contributed by atoms with E-state index < -0.39 is 21.7 Å². The molecule has 0 aliphatic rings. The third-order valence-electron chi connectivity index (χ3n) is 4.58. The zero-order valence-corrected chi connectivity index (χ0v) is 22.4. The van der Waals surface area contributed by atoms with Gasteiger partial charge in [-0.15, -0.1) is 0 Å². The van der Waals surface area contributed by atoms with Gasteiger partial charge in [0.05, 0.1) is 17.7 Å². The second kappa shape index (κ2) is 11.7. The number of methoxy groups -OCH3 is 1. The van der Waals surface area contributed by atoms with Gasteiger partial charge in [-0.1, -0.05) is 49.7 Å². The predicted octanol–water partition coefficient (Wildman–Crippen LogP) is 0.925. The Kier molecular flexibility index (Phi) is 10.6. The Labute approximate surface area is 215 Å². The van der Waals surface area contributed by atoms with Crippen molar-refractivity contribution < 1.29 is 52.6 Å². The van der Waals surface area contributed by atoms with Crippen molar-refractivity contribution in [2.24, 2.45) is 0 Å². The van der Waals surface area contributed by atoms with Crippen LogP contribution in [0.1, 0.15) is 36.7 Å². The van der Waals surface area contributed by atoms with E-state index in [9.17, 15) is 18.3 Å². The molecule has 2 rings (SSSR count). The van der Waals surface area contributed by atoms with Gasteiger partial charge in [0.15, 0.2) is 0 Å². The quantitative estimate of drug-likeness (QED) is 0.548. The summed E-state index contributed by atoms with van der Waals surface area (Å²) in [4.78, 5) is 12.8. The van der Waals surface area contributed by atoms with Gasteiger partial charge in [-0.05, 0) is 36.2 Å². The number of nitrogens with zero attached hydrogens (tertiary/aromatic N) is 1. The standard InChI is InChI=1S/C20H24Cl2N2O5S.Na/c1-5-12-8-14(30(27,28)24(6-2)7-3)11-17(19(12)29-4)23-20(26)13-9-15(21)18(25)16(22)10-13;/h8-11,25H,5-7H2,1-4H3,(H,23,26);/q;+1/p-1. The zero-order chi connectivity index (χ0) is 22.6. The summed E-state index contributed by atoms with van der Waals surface area (Å²) in [6.45, 7) is 5.98. The third-order valence-corrected chi connectivity index (χ3v) is 7.17. The second-order valence-electron chi connectivity index (χ2n) is 6.33. The van der Waals surface area contributed by atoms with Crippen molar-refractivity contribution in [3.63, 3.8) is 0 Å². The van der Waals surface area contributed by atoms with Gasteiger partial charge in [0.2, 0.25) is 10.0 Å².